The van der Waals surface area contributed by atoms with E-state index in [-0.39, 0.29) is 6.09 Å². The highest BCUT2D eigenvalue weighted by molar-refractivity contribution is 14.1. The fourth-order valence-electron chi connectivity index (χ4n) is 2.79. The van der Waals surface area contributed by atoms with Crippen LogP contribution in [0, 0.1) is 11.3 Å². The molecular formula is C21H33IN2O2Si. The van der Waals surface area contributed by atoms with Gasteiger partial charge in [-0.1, -0.05) is 68.2 Å². The van der Waals surface area contributed by atoms with Gasteiger partial charge in [-0.25, -0.2) is 4.79 Å². The van der Waals surface area contributed by atoms with Crippen LogP contribution in [0.15, 0.2) is 24.3 Å². The normalized spacial score (nSPS) is 15.0. The second-order valence-corrected chi connectivity index (χ2v) is 16.5. The highest BCUT2D eigenvalue weighted by Gasteiger charge is 2.25. The van der Waals surface area contributed by atoms with Crippen molar-refractivity contribution < 1.29 is 9.53 Å². The van der Waals surface area contributed by atoms with E-state index in [0.717, 1.165) is 35.9 Å². The number of benzene rings is 1. The van der Waals surface area contributed by atoms with Gasteiger partial charge in [-0.2, -0.15) is 5.26 Å². The van der Waals surface area contributed by atoms with Crippen LogP contribution < -0.4 is 0 Å². The zero-order valence-corrected chi connectivity index (χ0v) is 20.5. The number of alkyl halides is 1. The first-order chi connectivity index (χ1) is 12.6. The zero-order valence-electron chi connectivity index (χ0n) is 17.3. The summed E-state index contributed by atoms with van der Waals surface area (Å²) in [5.41, 5.74) is 1.91. The molecule has 27 heavy (non-hydrogen) atoms. The predicted octanol–water partition coefficient (Wildman–Crippen LogP) is 6.04. The van der Waals surface area contributed by atoms with E-state index < -0.39 is 8.07 Å². The number of piperidine rings is 1. The van der Waals surface area contributed by atoms with Crippen LogP contribution in [-0.2, 0) is 4.74 Å². The van der Waals surface area contributed by atoms with E-state index in [1.807, 2.05) is 23.1 Å². The SMILES string of the molecule is CC(C)I.C[Si](C)(C)CCOC(=O)N1CCC(c2cccc(C#N)c2)CC1. The van der Waals surface area contributed by atoms with Crippen molar-refractivity contribution in [3.8, 4) is 6.07 Å². The molecule has 0 spiro atoms. The van der Waals surface area contributed by atoms with Crippen molar-refractivity contribution in [3.05, 3.63) is 35.4 Å². The number of nitriles is 1. The molecule has 1 fully saturated rings. The minimum Gasteiger partial charge on any atom is -0.450 e. The first-order valence-electron chi connectivity index (χ1n) is 9.68. The fraction of sp³-hybridized carbons (Fsp3) is 0.619. The van der Waals surface area contributed by atoms with Gasteiger partial charge in [-0.15, -0.1) is 0 Å². The molecule has 1 aromatic rings. The molecule has 1 heterocycles. The van der Waals surface area contributed by atoms with Crippen molar-refractivity contribution in [2.75, 3.05) is 19.7 Å². The molecule has 1 aliphatic rings. The van der Waals surface area contributed by atoms with Gasteiger partial charge in [-0.05, 0) is 42.5 Å². The molecular weight excluding hydrogens is 467 g/mol. The number of nitrogens with zero attached hydrogens (tertiary/aromatic N) is 2. The minimum absolute atomic E-state index is 0.174. The quantitative estimate of drug-likeness (QED) is 0.288. The highest BCUT2D eigenvalue weighted by atomic mass is 127. The smallest absolute Gasteiger partial charge is 0.409 e. The monoisotopic (exact) mass is 500 g/mol. The molecule has 150 valence electrons. The van der Waals surface area contributed by atoms with Gasteiger partial charge in [0.15, 0.2) is 0 Å². The molecule has 0 saturated carbocycles. The van der Waals surface area contributed by atoms with E-state index in [1.165, 1.54) is 5.56 Å². The third kappa shape index (κ3) is 10.2. The fourth-order valence-corrected chi connectivity index (χ4v) is 3.51. The van der Waals surface area contributed by atoms with Crippen molar-refractivity contribution >= 4 is 36.8 Å². The Balaban J connectivity index is 0.000000828. The molecule has 6 heteroatoms. The Labute approximate surface area is 179 Å². The summed E-state index contributed by atoms with van der Waals surface area (Å²) in [7, 11) is -1.16. The summed E-state index contributed by atoms with van der Waals surface area (Å²) in [6.45, 7) is 13.1. The number of halogens is 1. The average Bonchev–Trinajstić information content (AvgIpc) is 2.60. The van der Waals surface area contributed by atoms with Gasteiger partial charge in [0.1, 0.15) is 0 Å². The molecule has 1 aliphatic heterocycles. The van der Waals surface area contributed by atoms with Gasteiger partial charge in [0.25, 0.3) is 0 Å². The molecule has 2 rings (SSSR count). The van der Waals surface area contributed by atoms with Crippen LogP contribution in [0.4, 0.5) is 4.79 Å². The van der Waals surface area contributed by atoms with Gasteiger partial charge in [0.2, 0.25) is 0 Å². The lowest BCUT2D eigenvalue weighted by atomic mass is 9.89. The van der Waals surface area contributed by atoms with E-state index in [2.05, 4.69) is 68.2 Å². The van der Waals surface area contributed by atoms with Crippen LogP contribution in [0.3, 0.4) is 0 Å². The molecule has 1 aromatic carbocycles. The Morgan fingerprint density at radius 2 is 1.93 bits per heavy atom. The van der Waals surface area contributed by atoms with Crippen LogP contribution in [0.1, 0.15) is 43.7 Å². The van der Waals surface area contributed by atoms with Crippen LogP contribution in [0.2, 0.25) is 25.7 Å². The number of hydrogen-bond donors (Lipinski definition) is 0. The van der Waals surface area contributed by atoms with Crippen LogP contribution in [0.5, 0.6) is 0 Å². The van der Waals surface area contributed by atoms with Crippen molar-refractivity contribution in [1.29, 1.82) is 5.26 Å². The summed E-state index contributed by atoms with van der Waals surface area (Å²) in [5.74, 6) is 0.425. The molecule has 0 radical (unpaired) electrons. The summed E-state index contributed by atoms with van der Waals surface area (Å²) in [6, 6.07) is 11.0. The molecule has 0 unspecified atom stereocenters. The number of rotatable bonds is 4. The number of amides is 1. The van der Waals surface area contributed by atoms with Gasteiger partial charge in [0, 0.05) is 25.1 Å². The van der Waals surface area contributed by atoms with E-state index >= 15 is 0 Å². The largest absolute Gasteiger partial charge is 0.450 e. The summed E-state index contributed by atoms with van der Waals surface area (Å²) in [4.78, 5) is 13.9. The topological polar surface area (TPSA) is 53.3 Å². The number of ether oxygens (including phenoxy) is 1. The molecule has 0 aliphatic carbocycles. The molecule has 1 saturated heterocycles. The number of hydrogen-bond acceptors (Lipinski definition) is 3. The first-order valence-corrected chi connectivity index (χ1v) is 14.6. The van der Waals surface area contributed by atoms with Crippen LogP contribution in [0.25, 0.3) is 0 Å². The van der Waals surface area contributed by atoms with E-state index in [0.29, 0.717) is 18.1 Å². The maximum Gasteiger partial charge on any atom is 0.409 e. The van der Waals surface area contributed by atoms with E-state index in [4.69, 9.17) is 10.00 Å². The van der Waals surface area contributed by atoms with Crippen molar-refractivity contribution in [1.82, 2.24) is 4.90 Å². The zero-order chi connectivity index (χ0) is 20.4. The second-order valence-electron chi connectivity index (χ2n) is 8.44. The highest BCUT2D eigenvalue weighted by Crippen LogP contribution is 2.28. The Morgan fingerprint density at radius 3 is 2.44 bits per heavy atom. The molecule has 0 aromatic heterocycles. The molecule has 4 nitrogen and oxygen atoms in total. The first kappa shape index (κ1) is 24.0. The Bertz CT molecular complexity index is 627. The number of carbonyl (C=O) groups is 1. The maximum absolute atomic E-state index is 12.1. The van der Waals surface area contributed by atoms with Crippen molar-refractivity contribution in [2.45, 2.75) is 62.2 Å². The Morgan fingerprint density at radius 1 is 1.33 bits per heavy atom. The van der Waals surface area contributed by atoms with E-state index in [1.54, 1.807) is 0 Å². The molecule has 0 atom stereocenters. The van der Waals surface area contributed by atoms with Gasteiger partial charge >= 0.3 is 6.09 Å². The van der Waals surface area contributed by atoms with Crippen LogP contribution in [-0.4, -0.2) is 42.7 Å². The van der Waals surface area contributed by atoms with Gasteiger partial charge < -0.3 is 9.64 Å². The Kier molecular flexibility index (Phi) is 10.4. The minimum atomic E-state index is -1.16. The summed E-state index contributed by atoms with van der Waals surface area (Å²) >= 11 is 2.34. The lowest BCUT2D eigenvalue weighted by molar-refractivity contribution is 0.0968. The predicted molar refractivity (Wildman–Crippen MR) is 123 cm³/mol. The Hall–Kier alpha value is -1.07. The lowest BCUT2D eigenvalue weighted by Crippen LogP contribution is -2.38. The molecule has 0 bridgehead atoms. The van der Waals surface area contributed by atoms with Crippen molar-refractivity contribution in [3.63, 3.8) is 0 Å². The molecule has 0 N–H and O–H groups in total. The number of carbonyl (C=O) groups excluding carboxylic acids is 1. The average molecular weight is 500 g/mol. The summed E-state index contributed by atoms with van der Waals surface area (Å²) in [5, 5.41) is 9.00. The third-order valence-corrected chi connectivity index (χ3v) is 6.02. The standard InChI is InChI=1S/C18H26N2O2Si.C3H7I/c1-23(2,3)12-11-22-18(21)20-9-7-16(8-10-20)17-6-4-5-15(13-17)14-19;1-3(2)4/h4-6,13,16H,7-12H2,1-3H3;3H,1-2H3. The maximum atomic E-state index is 12.1. The van der Waals surface area contributed by atoms with Crippen LogP contribution >= 0.6 is 22.6 Å². The second kappa shape index (κ2) is 11.7. The summed E-state index contributed by atoms with van der Waals surface area (Å²) in [6.07, 6.45) is 1.68. The third-order valence-electron chi connectivity index (χ3n) is 4.32. The lowest BCUT2D eigenvalue weighted by Gasteiger charge is -2.31. The van der Waals surface area contributed by atoms with Gasteiger partial charge in [-0.3, -0.25) is 0 Å². The van der Waals surface area contributed by atoms with Gasteiger partial charge in [0.05, 0.1) is 18.2 Å². The summed E-state index contributed by atoms with van der Waals surface area (Å²) < 4.78 is 6.22. The van der Waals surface area contributed by atoms with Crippen molar-refractivity contribution in [2.24, 2.45) is 0 Å². The van der Waals surface area contributed by atoms with E-state index in [9.17, 15) is 4.79 Å². The number of likely N-dealkylation sites (tertiary alicyclic amines) is 1. The molecule has 1 amide bonds.